The van der Waals surface area contributed by atoms with E-state index in [1.54, 1.807) is 6.08 Å². The number of carbonyl (C=O) groups excluding carboxylic acids is 1. The Kier molecular flexibility index (Phi) is 59.4. The van der Waals surface area contributed by atoms with Gasteiger partial charge >= 0.3 is 0 Å². The topological polar surface area (TPSA) is 149 Å². The van der Waals surface area contributed by atoms with Gasteiger partial charge in [0.15, 0.2) is 6.29 Å². The van der Waals surface area contributed by atoms with E-state index >= 15 is 0 Å². The lowest BCUT2D eigenvalue weighted by atomic mass is 9.99. The average molecular weight is 1170 g/mol. The van der Waals surface area contributed by atoms with E-state index in [4.69, 9.17) is 9.47 Å². The molecule has 7 unspecified atom stereocenters. The van der Waals surface area contributed by atoms with E-state index in [2.05, 4.69) is 79.9 Å². The smallest absolute Gasteiger partial charge is 0.220 e. The Bertz CT molecular complexity index is 1540. The lowest BCUT2D eigenvalue weighted by Crippen LogP contribution is -2.60. The highest BCUT2D eigenvalue weighted by molar-refractivity contribution is 5.76. The summed E-state index contributed by atoms with van der Waals surface area (Å²) in [6.45, 7) is 3.69. The molecule has 9 heteroatoms. The lowest BCUT2D eigenvalue weighted by Gasteiger charge is -2.40. The molecule has 7 atom stereocenters. The van der Waals surface area contributed by atoms with E-state index in [0.29, 0.717) is 6.42 Å². The molecule has 83 heavy (non-hydrogen) atoms. The second kappa shape index (κ2) is 62.7. The van der Waals surface area contributed by atoms with Crippen LogP contribution in [0.25, 0.3) is 0 Å². The van der Waals surface area contributed by atoms with E-state index < -0.39 is 49.5 Å². The summed E-state index contributed by atoms with van der Waals surface area (Å²) in [7, 11) is 0. The van der Waals surface area contributed by atoms with Gasteiger partial charge in [-0.25, -0.2) is 0 Å². The summed E-state index contributed by atoms with van der Waals surface area (Å²) in [5.41, 5.74) is 0. The molecule has 1 fully saturated rings. The molecule has 0 radical (unpaired) electrons. The van der Waals surface area contributed by atoms with Crippen LogP contribution in [-0.2, 0) is 14.3 Å². The van der Waals surface area contributed by atoms with Crippen molar-refractivity contribution in [2.45, 2.75) is 378 Å². The predicted octanol–water partition coefficient (Wildman–Crippen LogP) is 19.5. The van der Waals surface area contributed by atoms with Crippen LogP contribution >= 0.6 is 0 Å². The minimum Gasteiger partial charge on any atom is -0.394 e. The third-order valence-corrected chi connectivity index (χ3v) is 16.8. The number of allylic oxidation sites excluding steroid dienone is 11. The van der Waals surface area contributed by atoms with Crippen molar-refractivity contribution in [1.29, 1.82) is 0 Å². The number of unbranched alkanes of at least 4 members (excludes halogenated alkanes) is 42. The maximum absolute atomic E-state index is 13.1. The molecule has 484 valence electrons. The number of hydrogen-bond donors (Lipinski definition) is 6. The Morgan fingerprint density at radius 1 is 0.422 bits per heavy atom. The van der Waals surface area contributed by atoms with Gasteiger partial charge in [-0.15, -0.1) is 0 Å². The number of rotatable bonds is 62. The maximum atomic E-state index is 13.1. The number of ether oxygens (including phenoxy) is 2. The van der Waals surface area contributed by atoms with Crippen LogP contribution in [0.15, 0.2) is 72.9 Å². The van der Waals surface area contributed by atoms with Crippen LogP contribution in [0, 0.1) is 0 Å². The van der Waals surface area contributed by atoms with Gasteiger partial charge in [-0.1, -0.05) is 331 Å². The third-order valence-electron chi connectivity index (χ3n) is 16.8. The molecule has 1 aliphatic rings. The summed E-state index contributed by atoms with van der Waals surface area (Å²) >= 11 is 0. The normalized spacial score (nSPS) is 18.7. The Morgan fingerprint density at radius 3 is 1.16 bits per heavy atom. The number of nitrogens with one attached hydrogen (secondary N) is 1. The molecule has 0 aromatic heterocycles. The van der Waals surface area contributed by atoms with Gasteiger partial charge in [0, 0.05) is 6.42 Å². The zero-order chi connectivity index (χ0) is 60.0. The van der Waals surface area contributed by atoms with Gasteiger partial charge in [-0.3, -0.25) is 4.79 Å². The first kappa shape index (κ1) is 78.6. The predicted molar refractivity (Wildman–Crippen MR) is 355 cm³/mol. The van der Waals surface area contributed by atoms with Gasteiger partial charge in [0.25, 0.3) is 0 Å². The fourth-order valence-corrected chi connectivity index (χ4v) is 11.2. The highest BCUT2D eigenvalue weighted by Gasteiger charge is 2.44. The van der Waals surface area contributed by atoms with Crippen molar-refractivity contribution in [2.24, 2.45) is 0 Å². The van der Waals surface area contributed by atoms with Crippen molar-refractivity contribution >= 4 is 5.91 Å². The first-order chi connectivity index (χ1) is 40.8. The Balaban J connectivity index is 2.12. The maximum Gasteiger partial charge on any atom is 0.220 e. The Morgan fingerprint density at radius 2 is 0.759 bits per heavy atom. The summed E-state index contributed by atoms with van der Waals surface area (Å²) in [5, 5.41) is 54.8. The summed E-state index contributed by atoms with van der Waals surface area (Å²) in [6, 6.07) is -0.824. The van der Waals surface area contributed by atoms with Crippen LogP contribution in [0.5, 0.6) is 0 Å². The van der Waals surface area contributed by atoms with Crippen LogP contribution in [0.2, 0.25) is 0 Å². The zero-order valence-corrected chi connectivity index (χ0v) is 54.2. The summed E-state index contributed by atoms with van der Waals surface area (Å²) in [5.74, 6) is -0.182. The number of carbonyl (C=O) groups is 1. The quantitative estimate of drug-likeness (QED) is 0.0261. The standard InChI is InChI=1S/C74H135NO8/c1-3-5-7-9-11-13-15-17-19-21-23-25-27-29-30-31-32-33-34-35-36-37-38-40-42-44-46-48-50-52-54-56-58-60-62-64-70(78)75-67(66-82-74-73(81)72(80)71(79)69(65-76)83-74)68(77)63-61-59-57-55-53-51-49-47-45-43-41-39-28-26-24-22-20-18-16-14-12-10-8-6-4-2/h5,7,11,13,17,19,23,25,53,55,61,63,67-69,71-74,76-77,79-81H,3-4,6,8-10,12,14-16,18,20-22,24,26-52,54,56-60,62,64-66H2,1-2H3,(H,75,78)/b7-5-,13-11-,19-17-,25-23-,55-53+,63-61+. The second-order valence-electron chi connectivity index (χ2n) is 24.6. The van der Waals surface area contributed by atoms with E-state index in [0.717, 1.165) is 64.2 Å². The highest BCUT2D eigenvalue weighted by Crippen LogP contribution is 2.23. The van der Waals surface area contributed by atoms with Crippen LogP contribution in [0.3, 0.4) is 0 Å². The minimum atomic E-state index is -1.57. The first-order valence-electron chi connectivity index (χ1n) is 35.7. The molecule has 0 aliphatic carbocycles. The van der Waals surface area contributed by atoms with Crippen LogP contribution in [0.1, 0.15) is 335 Å². The van der Waals surface area contributed by atoms with Crippen molar-refractivity contribution in [3.63, 3.8) is 0 Å². The first-order valence-corrected chi connectivity index (χ1v) is 35.7. The fourth-order valence-electron chi connectivity index (χ4n) is 11.2. The average Bonchev–Trinajstić information content (AvgIpc) is 3.60. The van der Waals surface area contributed by atoms with E-state index in [1.807, 2.05) is 6.08 Å². The Labute approximate surface area is 512 Å². The lowest BCUT2D eigenvalue weighted by molar-refractivity contribution is -0.302. The van der Waals surface area contributed by atoms with Gasteiger partial charge in [-0.2, -0.15) is 0 Å². The monoisotopic (exact) mass is 1170 g/mol. The largest absolute Gasteiger partial charge is 0.394 e. The molecule has 0 saturated carbocycles. The summed E-state index contributed by atoms with van der Waals surface area (Å²) < 4.78 is 11.3. The molecule has 0 bridgehead atoms. The SMILES string of the molecule is CC/C=C\C/C=C\C/C=C\C/C=C\CCCCCCCCCCCCCCCCCCCCCCCCC(=O)NC(COC1OC(CO)C(O)C(O)C1O)C(O)/C=C/CC/C=C/CCCCCCCCCCCCCCCCCCCCC. The van der Waals surface area contributed by atoms with E-state index in [-0.39, 0.29) is 12.5 Å². The number of aliphatic hydroxyl groups is 5. The minimum absolute atomic E-state index is 0.182. The molecule has 0 aromatic carbocycles. The molecular weight excluding hydrogens is 1030 g/mol. The van der Waals surface area contributed by atoms with Crippen LogP contribution in [-0.4, -0.2) is 87.5 Å². The van der Waals surface area contributed by atoms with Crippen molar-refractivity contribution in [3.05, 3.63) is 72.9 Å². The molecule has 9 nitrogen and oxygen atoms in total. The van der Waals surface area contributed by atoms with E-state index in [9.17, 15) is 30.3 Å². The van der Waals surface area contributed by atoms with Crippen molar-refractivity contribution in [1.82, 2.24) is 5.32 Å². The van der Waals surface area contributed by atoms with Gasteiger partial charge in [0.2, 0.25) is 5.91 Å². The van der Waals surface area contributed by atoms with Crippen molar-refractivity contribution in [2.75, 3.05) is 13.2 Å². The molecule has 0 spiro atoms. The van der Waals surface area contributed by atoms with Gasteiger partial charge in [0.05, 0.1) is 25.4 Å². The highest BCUT2D eigenvalue weighted by atomic mass is 16.7. The third kappa shape index (κ3) is 51.4. The van der Waals surface area contributed by atoms with Crippen molar-refractivity contribution in [3.8, 4) is 0 Å². The number of amides is 1. The molecule has 0 aromatic rings. The molecule has 1 aliphatic heterocycles. The zero-order valence-electron chi connectivity index (χ0n) is 54.2. The molecule has 1 amide bonds. The molecule has 1 rings (SSSR count). The van der Waals surface area contributed by atoms with E-state index in [1.165, 1.54) is 250 Å². The second-order valence-corrected chi connectivity index (χ2v) is 24.6. The molecule has 1 saturated heterocycles. The molecular formula is C74H135NO8. The fraction of sp³-hybridized carbons (Fsp3) is 0.824. The van der Waals surface area contributed by atoms with Gasteiger partial charge in [-0.05, 0) is 70.6 Å². The number of aliphatic hydroxyl groups excluding tert-OH is 5. The van der Waals surface area contributed by atoms with Crippen LogP contribution in [0.4, 0.5) is 0 Å². The summed E-state index contributed by atoms with van der Waals surface area (Å²) in [6.07, 6.45) is 81.6. The molecule has 6 N–H and O–H groups in total. The van der Waals surface area contributed by atoms with Crippen molar-refractivity contribution < 1.29 is 39.8 Å². The number of hydrogen-bond acceptors (Lipinski definition) is 8. The van der Waals surface area contributed by atoms with Crippen LogP contribution < -0.4 is 5.32 Å². The van der Waals surface area contributed by atoms with Gasteiger partial charge in [0.1, 0.15) is 24.4 Å². The van der Waals surface area contributed by atoms with Gasteiger partial charge < -0.3 is 40.3 Å². The Hall–Kier alpha value is -2.37. The molecule has 1 heterocycles. The summed E-state index contributed by atoms with van der Waals surface area (Å²) in [4.78, 5) is 13.1.